The Bertz CT molecular complexity index is 1260. The second kappa shape index (κ2) is 9.17. The maximum absolute atomic E-state index is 14.1. The zero-order valence-corrected chi connectivity index (χ0v) is 18.1. The number of thioether (sulfide) groups is 1. The van der Waals surface area contributed by atoms with Crippen molar-refractivity contribution in [1.29, 1.82) is 0 Å². The van der Waals surface area contributed by atoms with Crippen molar-refractivity contribution in [3.8, 4) is 5.75 Å². The van der Waals surface area contributed by atoms with Crippen molar-refractivity contribution in [1.82, 2.24) is 0 Å². The average molecular weight is 464 g/mol. The molecule has 0 fully saturated rings. The summed E-state index contributed by atoms with van der Waals surface area (Å²) in [4.78, 5) is 19.2. The molecule has 0 N–H and O–H groups in total. The third-order valence-electron chi connectivity index (χ3n) is 5.13. The van der Waals surface area contributed by atoms with Crippen LogP contribution >= 0.6 is 11.8 Å². The van der Waals surface area contributed by atoms with Crippen LogP contribution in [-0.2, 0) is 21.9 Å². The normalized spacial score (nSPS) is 16.5. The Hall–Kier alpha value is -3.49. The van der Waals surface area contributed by atoms with E-state index in [9.17, 15) is 13.6 Å². The van der Waals surface area contributed by atoms with E-state index in [1.807, 2.05) is 30.3 Å². The molecule has 0 bridgehead atoms. The van der Waals surface area contributed by atoms with Crippen LogP contribution in [0.2, 0.25) is 0 Å². The van der Waals surface area contributed by atoms with Crippen LogP contribution in [0, 0.1) is 11.6 Å². The van der Waals surface area contributed by atoms with Crippen LogP contribution in [0.25, 0.3) is 6.08 Å². The topological polar surface area (TPSA) is 51.1 Å². The second-order valence-corrected chi connectivity index (χ2v) is 8.35. The first kappa shape index (κ1) is 21.4. The number of halogens is 2. The zero-order chi connectivity index (χ0) is 22.8. The van der Waals surface area contributed by atoms with Crippen LogP contribution in [0.5, 0.6) is 5.75 Å². The number of benzene rings is 3. The van der Waals surface area contributed by atoms with Crippen LogP contribution in [0.4, 0.5) is 14.5 Å². The van der Waals surface area contributed by atoms with Gasteiger partial charge in [-0.15, -0.1) is 0 Å². The Kier molecular flexibility index (Phi) is 5.93. The molecule has 5 rings (SSSR count). The molecular weight excluding hydrogens is 446 g/mol. The van der Waals surface area contributed by atoms with Crippen LogP contribution in [0.3, 0.4) is 0 Å². The van der Waals surface area contributed by atoms with Crippen LogP contribution in [0.15, 0.2) is 77.4 Å². The van der Waals surface area contributed by atoms with Gasteiger partial charge in [-0.25, -0.2) is 13.8 Å². The highest BCUT2D eigenvalue weighted by Gasteiger charge is 2.32. The molecule has 0 aliphatic carbocycles. The van der Waals surface area contributed by atoms with Gasteiger partial charge >= 0.3 is 0 Å². The number of amidine groups is 1. The van der Waals surface area contributed by atoms with E-state index < -0.39 is 5.82 Å². The summed E-state index contributed by atoms with van der Waals surface area (Å²) in [6, 6.07) is 17.8. The molecule has 5 nitrogen and oxygen atoms in total. The van der Waals surface area contributed by atoms with Gasteiger partial charge < -0.3 is 9.47 Å². The molecule has 33 heavy (non-hydrogen) atoms. The van der Waals surface area contributed by atoms with E-state index in [0.717, 1.165) is 5.56 Å². The molecule has 166 valence electrons. The molecule has 0 saturated carbocycles. The van der Waals surface area contributed by atoms with Gasteiger partial charge in [0, 0.05) is 16.9 Å². The van der Waals surface area contributed by atoms with Gasteiger partial charge in [0.25, 0.3) is 5.91 Å². The number of rotatable bonds is 4. The predicted molar refractivity (Wildman–Crippen MR) is 124 cm³/mol. The summed E-state index contributed by atoms with van der Waals surface area (Å²) in [5.74, 6) is -0.194. The highest BCUT2D eigenvalue weighted by atomic mass is 32.2. The molecule has 2 aliphatic heterocycles. The van der Waals surface area contributed by atoms with E-state index in [-0.39, 0.29) is 30.8 Å². The van der Waals surface area contributed by atoms with Crippen molar-refractivity contribution < 1.29 is 23.0 Å². The number of carbonyl (C=O) groups is 1. The van der Waals surface area contributed by atoms with E-state index >= 15 is 0 Å². The third-order valence-corrected chi connectivity index (χ3v) is 6.11. The number of hydrogen-bond donors (Lipinski definition) is 0. The van der Waals surface area contributed by atoms with Crippen molar-refractivity contribution >= 4 is 34.6 Å². The number of amides is 1. The van der Waals surface area contributed by atoms with Gasteiger partial charge in [-0.1, -0.05) is 42.1 Å². The molecule has 3 aromatic rings. The molecule has 0 spiro atoms. The van der Waals surface area contributed by atoms with Gasteiger partial charge in [0.15, 0.2) is 12.0 Å². The average Bonchev–Trinajstić information content (AvgIpc) is 3.13. The number of aliphatic imine (C=N–C) groups is 1. The smallest absolute Gasteiger partial charge is 0.283 e. The van der Waals surface area contributed by atoms with Gasteiger partial charge in [-0.2, -0.15) is 0 Å². The summed E-state index contributed by atoms with van der Waals surface area (Å²) in [5, 5.41) is 0.416. The van der Waals surface area contributed by atoms with E-state index in [0.29, 0.717) is 33.5 Å². The molecule has 0 atom stereocenters. The molecule has 2 heterocycles. The maximum atomic E-state index is 14.1. The molecule has 0 aromatic heterocycles. The number of nitrogens with zero attached hydrogens (tertiary/aromatic N) is 2. The standard InChI is InChI=1S/C25H18F2N2O3S/c26-19-6-8-21(9-7-19)29-24(30)22(10-16-4-2-1-3-5-16)28-25(29)33-14-18-12-20(27)11-17-13-31-15-32-23(17)18/h1-12H,13-15H2/b22-10+. The van der Waals surface area contributed by atoms with Crippen molar-refractivity contribution in [2.24, 2.45) is 4.99 Å². The van der Waals surface area contributed by atoms with Gasteiger partial charge in [0.1, 0.15) is 23.1 Å². The fourth-order valence-corrected chi connectivity index (χ4v) is 4.60. The quantitative estimate of drug-likeness (QED) is 0.478. The lowest BCUT2D eigenvalue weighted by Gasteiger charge is -2.21. The summed E-state index contributed by atoms with van der Waals surface area (Å²) in [6.07, 6.45) is 1.71. The van der Waals surface area contributed by atoms with Crippen LogP contribution in [-0.4, -0.2) is 17.9 Å². The van der Waals surface area contributed by atoms with E-state index in [1.54, 1.807) is 6.08 Å². The molecule has 1 amide bonds. The Morgan fingerprint density at radius 1 is 1.03 bits per heavy atom. The lowest BCUT2D eigenvalue weighted by molar-refractivity contribution is -0.113. The molecule has 0 saturated heterocycles. The van der Waals surface area contributed by atoms with Crippen LogP contribution < -0.4 is 9.64 Å². The summed E-state index contributed by atoms with van der Waals surface area (Å²) in [7, 11) is 0. The lowest BCUT2D eigenvalue weighted by Crippen LogP contribution is -2.30. The predicted octanol–water partition coefficient (Wildman–Crippen LogP) is 5.51. The number of anilines is 1. The highest BCUT2D eigenvalue weighted by Crippen LogP contribution is 2.35. The largest absolute Gasteiger partial charge is 0.467 e. The number of ether oxygens (including phenoxy) is 2. The molecule has 8 heteroatoms. The highest BCUT2D eigenvalue weighted by molar-refractivity contribution is 8.13. The first-order chi connectivity index (χ1) is 16.1. The Morgan fingerprint density at radius 2 is 1.82 bits per heavy atom. The Morgan fingerprint density at radius 3 is 2.61 bits per heavy atom. The fraction of sp³-hybridized carbons (Fsp3) is 0.120. The Balaban J connectivity index is 1.48. The van der Waals surface area contributed by atoms with Crippen molar-refractivity contribution in [2.75, 3.05) is 11.7 Å². The van der Waals surface area contributed by atoms with Crippen molar-refractivity contribution in [2.45, 2.75) is 12.4 Å². The minimum Gasteiger partial charge on any atom is -0.467 e. The van der Waals surface area contributed by atoms with E-state index in [1.165, 1.54) is 53.1 Å². The molecular formula is C25H18F2N2O3S. The lowest BCUT2D eigenvalue weighted by atomic mass is 10.1. The van der Waals surface area contributed by atoms with Crippen LogP contribution in [0.1, 0.15) is 16.7 Å². The molecule has 3 aromatic carbocycles. The minimum atomic E-state index is -0.401. The summed E-state index contributed by atoms with van der Waals surface area (Å²) in [5.41, 5.74) is 2.88. The molecule has 0 unspecified atom stereocenters. The first-order valence-corrected chi connectivity index (χ1v) is 11.2. The fourth-order valence-electron chi connectivity index (χ4n) is 3.62. The van der Waals surface area contributed by atoms with E-state index in [4.69, 9.17) is 9.47 Å². The number of fused-ring (bicyclic) bond motifs is 1. The summed E-state index contributed by atoms with van der Waals surface area (Å²) in [6.45, 7) is 0.372. The number of hydrogen-bond acceptors (Lipinski definition) is 5. The van der Waals surface area contributed by atoms with Crippen molar-refractivity contribution in [3.63, 3.8) is 0 Å². The zero-order valence-electron chi connectivity index (χ0n) is 17.3. The van der Waals surface area contributed by atoms with Gasteiger partial charge in [-0.3, -0.25) is 9.69 Å². The SMILES string of the molecule is O=C1/C(=C\c2ccccc2)N=C(SCc2cc(F)cc3c2OCOC3)N1c1ccc(F)cc1. The summed E-state index contributed by atoms with van der Waals surface area (Å²) < 4.78 is 38.5. The minimum absolute atomic E-state index is 0.0986. The number of carbonyl (C=O) groups excluding carboxylic acids is 1. The van der Waals surface area contributed by atoms with Gasteiger partial charge in [0.05, 0.1) is 12.3 Å². The third kappa shape index (κ3) is 4.53. The first-order valence-electron chi connectivity index (χ1n) is 10.2. The van der Waals surface area contributed by atoms with Gasteiger partial charge in [0.2, 0.25) is 0 Å². The van der Waals surface area contributed by atoms with E-state index in [2.05, 4.69) is 4.99 Å². The van der Waals surface area contributed by atoms with Crippen molar-refractivity contribution in [3.05, 3.63) is 101 Å². The van der Waals surface area contributed by atoms with Gasteiger partial charge in [-0.05, 0) is 48.0 Å². The Labute approximate surface area is 193 Å². The maximum Gasteiger partial charge on any atom is 0.283 e. The monoisotopic (exact) mass is 464 g/mol. The second-order valence-electron chi connectivity index (χ2n) is 7.40. The summed E-state index contributed by atoms with van der Waals surface area (Å²) >= 11 is 1.28. The molecule has 0 radical (unpaired) electrons. The molecule has 2 aliphatic rings.